The molecule has 0 radical (unpaired) electrons. The summed E-state index contributed by atoms with van der Waals surface area (Å²) < 4.78 is 27.1. The zero-order chi connectivity index (χ0) is 18.2. The Kier molecular flexibility index (Phi) is 4.86. The van der Waals surface area contributed by atoms with Gasteiger partial charge in [0.05, 0.1) is 9.77 Å². The maximum absolute atomic E-state index is 12.8. The maximum atomic E-state index is 12.8. The van der Waals surface area contributed by atoms with E-state index in [0.717, 1.165) is 17.0 Å². The first kappa shape index (κ1) is 17.9. The van der Waals surface area contributed by atoms with Gasteiger partial charge in [-0.1, -0.05) is 12.1 Å². The molecule has 2 N–H and O–H groups in total. The van der Waals surface area contributed by atoms with Gasteiger partial charge in [0.15, 0.2) is 0 Å². The van der Waals surface area contributed by atoms with E-state index in [-0.39, 0.29) is 15.8 Å². The average Bonchev–Trinajstić information content (AvgIpc) is 3.05. The molecule has 1 aromatic carbocycles. The Balaban J connectivity index is 1.78. The third-order valence-electron chi connectivity index (χ3n) is 4.38. The Labute approximate surface area is 151 Å². The molecule has 2 heterocycles. The molecule has 6 nitrogen and oxygen atoms in total. The van der Waals surface area contributed by atoms with Crippen molar-refractivity contribution in [2.45, 2.75) is 24.8 Å². The molecule has 2 aromatic rings. The van der Waals surface area contributed by atoms with Gasteiger partial charge in [0.25, 0.3) is 5.91 Å². The van der Waals surface area contributed by atoms with Gasteiger partial charge in [0.1, 0.15) is 0 Å². The number of nitrogens with two attached hydrogens (primary N) is 1. The van der Waals surface area contributed by atoms with Crippen molar-refractivity contribution in [2.75, 3.05) is 24.5 Å². The van der Waals surface area contributed by atoms with Gasteiger partial charge in [-0.05, 0) is 37.6 Å². The lowest BCUT2D eigenvalue weighted by molar-refractivity contribution is 0.100. The normalized spacial score (nSPS) is 19.1. The van der Waals surface area contributed by atoms with Crippen LogP contribution >= 0.6 is 11.3 Å². The molecule has 1 atom stereocenters. The number of carbonyl (C=O) groups excluding carboxylic acids is 1. The predicted molar refractivity (Wildman–Crippen MR) is 99.6 cm³/mol. The van der Waals surface area contributed by atoms with E-state index in [2.05, 4.69) is 11.0 Å². The average molecular weight is 380 g/mol. The van der Waals surface area contributed by atoms with Gasteiger partial charge in [-0.25, -0.2) is 8.42 Å². The lowest BCUT2D eigenvalue weighted by Gasteiger charge is -2.40. The van der Waals surface area contributed by atoms with Gasteiger partial charge >= 0.3 is 0 Å². The maximum Gasteiger partial charge on any atom is 0.258 e. The van der Waals surface area contributed by atoms with Gasteiger partial charge in [-0.3, -0.25) is 4.79 Å². The first-order valence-electron chi connectivity index (χ1n) is 8.01. The van der Waals surface area contributed by atoms with E-state index in [0.29, 0.717) is 19.6 Å². The minimum atomic E-state index is -3.61. The number of aryl methyl sites for hydroxylation is 1. The first-order valence-corrected chi connectivity index (χ1v) is 10.3. The SMILES string of the molecule is Cc1cccc(N2CCN(S(=O)(=O)c3csc(C(N)=O)c3)CC2C)c1. The second kappa shape index (κ2) is 6.78. The number of thiophene rings is 1. The molecule has 25 heavy (non-hydrogen) atoms. The fraction of sp³-hybridized carbons (Fsp3) is 0.353. The summed E-state index contributed by atoms with van der Waals surface area (Å²) in [5.74, 6) is -0.607. The number of piperazine rings is 1. The molecule has 8 heteroatoms. The summed E-state index contributed by atoms with van der Waals surface area (Å²) in [5, 5.41) is 1.48. The Morgan fingerprint density at radius 1 is 1.28 bits per heavy atom. The Bertz CT molecular complexity index is 892. The molecule has 1 fully saturated rings. The van der Waals surface area contributed by atoms with Gasteiger partial charge in [0.2, 0.25) is 10.0 Å². The number of anilines is 1. The van der Waals surface area contributed by atoms with E-state index < -0.39 is 15.9 Å². The fourth-order valence-corrected chi connectivity index (χ4v) is 5.69. The van der Waals surface area contributed by atoms with Crippen LogP contribution in [0, 0.1) is 6.92 Å². The van der Waals surface area contributed by atoms with Crippen molar-refractivity contribution in [3.8, 4) is 0 Å². The monoisotopic (exact) mass is 379 g/mol. The van der Waals surface area contributed by atoms with Crippen molar-refractivity contribution in [2.24, 2.45) is 5.73 Å². The number of sulfonamides is 1. The molecule has 3 rings (SSSR count). The number of carbonyl (C=O) groups is 1. The van der Waals surface area contributed by atoms with Gasteiger partial charge in [0, 0.05) is 36.7 Å². The zero-order valence-corrected chi connectivity index (χ0v) is 15.8. The molecule has 0 spiro atoms. The highest BCUT2D eigenvalue weighted by Gasteiger charge is 2.33. The number of primary amides is 1. The Hall–Kier alpha value is -1.90. The molecular weight excluding hydrogens is 358 g/mol. The van der Waals surface area contributed by atoms with Crippen LogP contribution in [-0.2, 0) is 10.0 Å². The quantitative estimate of drug-likeness (QED) is 0.881. The predicted octanol–water partition coefficient (Wildman–Crippen LogP) is 2.05. The molecule has 1 saturated heterocycles. The van der Waals surface area contributed by atoms with E-state index in [1.807, 2.05) is 32.0 Å². The van der Waals surface area contributed by atoms with Crippen LogP contribution in [0.4, 0.5) is 5.69 Å². The standard InChI is InChI=1S/C17H21N3O3S2/c1-12-4-3-5-14(8-12)20-7-6-19(10-13(20)2)25(22,23)15-9-16(17(18)21)24-11-15/h3-5,8-9,11,13H,6-7,10H2,1-2H3,(H2,18,21). The molecular formula is C17H21N3O3S2. The van der Waals surface area contributed by atoms with Crippen LogP contribution in [0.3, 0.4) is 0 Å². The van der Waals surface area contributed by atoms with E-state index in [1.165, 1.54) is 21.3 Å². The molecule has 1 aromatic heterocycles. The van der Waals surface area contributed by atoms with Crippen LogP contribution in [-0.4, -0.2) is 44.3 Å². The van der Waals surface area contributed by atoms with E-state index >= 15 is 0 Å². The van der Waals surface area contributed by atoms with E-state index in [9.17, 15) is 13.2 Å². The van der Waals surface area contributed by atoms with E-state index in [1.54, 1.807) is 0 Å². The molecule has 0 bridgehead atoms. The lowest BCUT2D eigenvalue weighted by Crippen LogP contribution is -2.53. The van der Waals surface area contributed by atoms with Crippen molar-refractivity contribution in [1.29, 1.82) is 0 Å². The second-order valence-corrected chi connectivity index (χ2v) is 9.10. The summed E-state index contributed by atoms with van der Waals surface area (Å²) in [6.07, 6.45) is 0. The summed E-state index contributed by atoms with van der Waals surface area (Å²) >= 11 is 1.06. The van der Waals surface area contributed by atoms with Crippen molar-refractivity contribution in [3.05, 3.63) is 46.2 Å². The Morgan fingerprint density at radius 2 is 2.04 bits per heavy atom. The summed E-state index contributed by atoms with van der Waals surface area (Å²) in [6, 6.07) is 9.63. The largest absolute Gasteiger partial charge is 0.366 e. The minimum Gasteiger partial charge on any atom is -0.366 e. The fourth-order valence-electron chi connectivity index (χ4n) is 3.07. The summed E-state index contributed by atoms with van der Waals surface area (Å²) in [7, 11) is -3.61. The lowest BCUT2D eigenvalue weighted by atomic mass is 10.1. The molecule has 1 unspecified atom stereocenters. The van der Waals surface area contributed by atoms with Crippen molar-refractivity contribution in [1.82, 2.24) is 4.31 Å². The minimum absolute atomic E-state index is 0.0552. The van der Waals surface area contributed by atoms with Gasteiger partial charge < -0.3 is 10.6 Å². The van der Waals surface area contributed by atoms with E-state index in [4.69, 9.17) is 5.73 Å². The number of rotatable bonds is 4. The van der Waals surface area contributed by atoms with Crippen molar-refractivity contribution < 1.29 is 13.2 Å². The summed E-state index contributed by atoms with van der Waals surface area (Å²) in [5.41, 5.74) is 7.51. The molecule has 134 valence electrons. The van der Waals surface area contributed by atoms with Crippen LogP contribution in [0.5, 0.6) is 0 Å². The van der Waals surface area contributed by atoms with Crippen LogP contribution in [0.2, 0.25) is 0 Å². The third-order valence-corrected chi connectivity index (χ3v) is 7.32. The second-order valence-electron chi connectivity index (χ2n) is 6.26. The number of amides is 1. The van der Waals surface area contributed by atoms with Crippen molar-refractivity contribution in [3.63, 3.8) is 0 Å². The smallest absolute Gasteiger partial charge is 0.258 e. The van der Waals surface area contributed by atoms with Gasteiger partial charge in [-0.2, -0.15) is 4.31 Å². The van der Waals surface area contributed by atoms with Gasteiger partial charge in [-0.15, -0.1) is 11.3 Å². The molecule has 0 saturated carbocycles. The highest BCUT2D eigenvalue weighted by atomic mass is 32.2. The molecule has 0 aliphatic carbocycles. The number of hydrogen-bond donors (Lipinski definition) is 1. The van der Waals surface area contributed by atoms with Crippen molar-refractivity contribution >= 4 is 33.0 Å². The highest BCUT2D eigenvalue weighted by Crippen LogP contribution is 2.27. The number of nitrogens with zero attached hydrogens (tertiary/aromatic N) is 2. The zero-order valence-electron chi connectivity index (χ0n) is 14.2. The van der Waals surface area contributed by atoms with Crippen LogP contribution < -0.4 is 10.6 Å². The van der Waals surface area contributed by atoms with Crippen LogP contribution in [0.25, 0.3) is 0 Å². The number of benzene rings is 1. The molecule has 1 aliphatic rings. The topological polar surface area (TPSA) is 83.7 Å². The number of hydrogen-bond acceptors (Lipinski definition) is 5. The molecule has 1 amide bonds. The third kappa shape index (κ3) is 3.56. The van der Waals surface area contributed by atoms with Crippen LogP contribution in [0.15, 0.2) is 40.6 Å². The van der Waals surface area contributed by atoms with Crippen LogP contribution in [0.1, 0.15) is 22.2 Å². The highest BCUT2D eigenvalue weighted by molar-refractivity contribution is 7.89. The molecule has 1 aliphatic heterocycles. The first-order chi connectivity index (χ1) is 11.8. The Morgan fingerprint density at radius 3 is 2.64 bits per heavy atom. The summed E-state index contributed by atoms with van der Waals surface area (Å²) in [6.45, 7) is 5.49. The summed E-state index contributed by atoms with van der Waals surface area (Å²) in [4.78, 5) is 13.8.